The first-order valence-electron chi connectivity index (χ1n) is 14.5. The standard InChI is InChI=1S/C35H32ClN3O5/c36-31-21-29(15-16-30(31)27-9-5-2-6-10-27)33-37-32(38-44-33)28-13-11-25(12-14-28)22-39-19-17-35(18-20-39,43-34(40)41)24-42-23-26-7-3-1-4-8-26/h1-16,21H,17-20,22-24H2,(H,40,41). The first-order chi connectivity index (χ1) is 21.5. The molecule has 4 aromatic carbocycles. The van der Waals surface area contributed by atoms with Gasteiger partial charge in [-0.05, 0) is 28.8 Å². The van der Waals surface area contributed by atoms with E-state index >= 15 is 0 Å². The lowest BCUT2D eigenvalue weighted by molar-refractivity contribution is -0.105. The van der Waals surface area contributed by atoms with Crippen molar-refractivity contribution in [2.24, 2.45) is 0 Å². The summed E-state index contributed by atoms with van der Waals surface area (Å²) in [4.78, 5) is 18.4. The zero-order valence-electron chi connectivity index (χ0n) is 24.1. The summed E-state index contributed by atoms with van der Waals surface area (Å²) < 4.78 is 16.8. The monoisotopic (exact) mass is 609 g/mol. The van der Waals surface area contributed by atoms with Crippen molar-refractivity contribution in [2.75, 3.05) is 19.7 Å². The molecule has 1 fully saturated rings. The molecule has 1 aliphatic heterocycles. The fraction of sp³-hybridized carbons (Fsp3) is 0.229. The third kappa shape index (κ3) is 7.17. The molecule has 0 aliphatic carbocycles. The highest BCUT2D eigenvalue weighted by molar-refractivity contribution is 6.33. The van der Waals surface area contributed by atoms with Crippen LogP contribution in [0.3, 0.4) is 0 Å². The largest absolute Gasteiger partial charge is 0.506 e. The van der Waals surface area contributed by atoms with Crippen molar-refractivity contribution in [1.29, 1.82) is 0 Å². The molecule has 0 amide bonds. The molecule has 0 atom stereocenters. The van der Waals surface area contributed by atoms with Crippen LogP contribution in [0.25, 0.3) is 34.0 Å². The molecule has 8 nitrogen and oxygen atoms in total. The van der Waals surface area contributed by atoms with E-state index in [1.54, 1.807) is 0 Å². The summed E-state index contributed by atoms with van der Waals surface area (Å²) in [6.45, 7) is 2.77. The second-order valence-corrected chi connectivity index (χ2v) is 11.4. The van der Waals surface area contributed by atoms with Crippen LogP contribution in [0, 0.1) is 0 Å². The van der Waals surface area contributed by atoms with Gasteiger partial charge in [-0.1, -0.05) is 108 Å². The summed E-state index contributed by atoms with van der Waals surface area (Å²) in [5.74, 6) is 0.901. The number of carboxylic acid groups (broad SMARTS) is 1. The fourth-order valence-corrected chi connectivity index (χ4v) is 5.77. The van der Waals surface area contributed by atoms with Gasteiger partial charge in [0.2, 0.25) is 5.82 Å². The lowest BCUT2D eigenvalue weighted by atomic mass is 9.91. The predicted octanol–water partition coefficient (Wildman–Crippen LogP) is 7.97. The van der Waals surface area contributed by atoms with E-state index in [0.717, 1.165) is 39.9 Å². The van der Waals surface area contributed by atoms with Gasteiger partial charge < -0.3 is 19.1 Å². The molecule has 2 heterocycles. The molecule has 1 N–H and O–H groups in total. The SMILES string of the molecule is O=C(O)OC1(COCc2ccccc2)CCN(Cc2ccc(-c3noc(-c4ccc(-c5ccccc5)c(Cl)c4)n3)cc2)CC1. The average molecular weight is 610 g/mol. The average Bonchev–Trinajstić information content (AvgIpc) is 3.54. The minimum absolute atomic E-state index is 0.229. The van der Waals surface area contributed by atoms with Crippen LogP contribution in [0.5, 0.6) is 0 Å². The molecule has 0 unspecified atom stereocenters. The summed E-state index contributed by atoms with van der Waals surface area (Å²) in [5.41, 5.74) is 4.91. The Kier molecular flexibility index (Phi) is 9.02. The van der Waals surface area contributed by atoms with Crippen molar-refractivity contribution >= 4 is 17.8 Å². The molecule has 1 aliphatic rings. The Hall–Kier alpha value is -4.50. The Morgan fingerprint density at radius 1 is 0.864 bits per heavy atom. The van der Waals surface area contributed by atoms with Crippen molar-refractivity contribution in [2.45, 2.75) is 31.6 Å². The van der Waals surface area contributed by atoms with Gasteiger partial charge in [0.1, 0.15) is 5.60 Å². The van der Waals surface area contributed by atoms with Gasteiger partial charge in [0.05, 0.1) is 13.2 Å². The van der Waals surface area contributed by atoms with Crippen molar-refractivity contribution in [3.8, 4) is 34.0 Å². The zero-order chi connectivity index (χ0) is 30.4. The number of nitrogens with zero attached hydrogens (tertiary/aromatic N) is 3. The van der Waals surface area contributed by atoms with Gasteiger partial charge in [0.25, 0.3) is 5.89 Å². The van der Waals surface area contributed by atoms with Crippen LogP contribution in [0.1, 0.15) is 24.0 Å². The van der Waals surface area contributed by atoms with Crippen LogP contribution >= 0.6 is 11.6 Å². The predicted molar refractivity (Wildman–Crippen MR) is 168 cm³/mol. The molecule has 0 bridgehead atoms. The molecule has 44 heavy (non-hydrogen) atoms. The summed E-state index contributed by atoms with van der Waals surface area (Å²) in [5, 5.41) is 14.2. The summed E-state index contributed by atoms with van der Waals surface area (Å²) in [6, 6.07) is 33.6. The Morgan fingerprint density at radius 3 is 2.23 bits per heavy atom. The number of hydrogen-bond acceptors (Lipinski definition) is 7. The topological polar surface area (TPSA) is 97.9 Å². The van der Waals surface area contributed by atoms with E-state index in [-0.39, 0.29) is 6.61 Å². The van der Waals surface area contributed by atoms with Crippen LogP contribution in [-0.2, 0) is 22.6 Å². The van der Waals surface area contributed by atoms with E-state index in [9.17, 15) is 9.90 Å². The minimum Gasteiger partial charge on any atom is -0.450 e. The number of piperidine rings is 1. The lowest BCUT2D eigenvalue weighted by Crippen LogP contribution is -2.49. The van der Waals surface area contributed by atoms with Gasteiger partial charge in [-0.3, -0.25) is 4.90 Å². The van der Waals surface area contributed by atoms with Gasteiger partial charge in [-0.2, -0.15) is 4.98 Å². The number of benzene rings is 4. The first kappa shape index (κ1) is 29.6. The highest BCUT2D eigenvalue weighted by atomic mass is 35.5. The zero-order valence-corrected chi connectivity index (χ0v) is 24.8. The van der Waals surface area contributed by atoms with E-state index < -0.39 is 11.8 Å². The van der Waals surface area contributed by atoms with Gasteiger partial charge >= 0.3 is 6.16 Å². The van der Waals surface area contributed by atoms with E-state index in [4.69, 9.17) is 25.6 Å². The molecule has 9 heteroatoms. The van der Waals surface area contributed by atoms with Crippen molar-refractivity contribution < 1.29 is 23.9 Å². The number of carbonyl (C=O) groups is 1. The van der Waals surface area contributed by atoms with Crippen molar-refractivity contribution in [1.82, 2.24) is 15.0 Å². The number of halogens is 1. The maximum atomic E-state index is 11.5. The number of aromatic nitrogens is 2. The fourth-order valence-electron chi connectivity index (χ4n) is 5.48. The molecule has 0 saturated carbocycles. The molecular weight excluding hydrogens is 578 g/mol. The van der Waals surface area contributed by atoms with Crippen molar-refractivity contribution in [3.05, 3.63) is 119 Å². The first-order valence-corrected chi connectivity index (χ1v) is 14.9. The third-order valence-corrected chi connectivity index (χ3v) is 8.21. The Balaban J connectivity index is 1.05. The van der Waals surface area contributed by atoms with E-state index in [0.29, 0.717) is 49.3 Å². The number of hydrogen-bond donors (Lipinski definition) is 1. The Bertz CT molecular complexity index is 1690. The van der Waals surface area contributed by atoms with E-state index in [2.05, 4.69) is 27.2 Å². The lowest BCUT2D eigenvalue weighted by Gasteiger charge is -2.40. The van der Waals surface area contributed by atoms with E-state index in [1.165, 1.54) is 0 Å². The van der Waals surface area contributed by atoms with E-state index in [1.807, 2.05) is 91.0 Å². The maximum absolute atomic E-state index is 11.5. The molecule has 5 aromatic rings. The second kappa shape index (κ2) is 13.4. The van der Waals surface area contributed by atoms with Crippen LogP contribution in [0.15, 0.2) is 108 Å². The van der Waals surface area contributed by atoms with Crippen LogP contribution in [0.4, 0.5) is 4.79 Å². The van der Waals surface area contributed by atoms with Gasteiger partial charge in [0.15, 0.2) is 0 Å². The molecule has 1 aromatic heterocycles. The molecule has 224 valence electrons. The summed E-state index contributed by atoms with van der Waals surface area (Å²) in [7, 11) is 0. The smallest absolute Gasteiger partial charge is 0.450 e. The number of rotatable bonds is 10. The van der Waals surface area contributed by atoms with Crippen LogP contribution in [0.2, 0.25) is 5.02 Å². The molecule has 0 spiro atoms. The Labute approximate surface area is 260 Å². The van der Waals surface area contributed by atoms with Crippen LogP contribution < -0.4 is 0 Å². The maximum Gasteiger partial charge on any atom is 0.506 e. The molecular formula is C35H32ClN3O5. The molecule has 6 rings (SSSR count). The quantitative estimate of drug-likeness (QED) is 0.159. The minimum atomic E-state index is -1.27. The van der Waals surface area contributed by atoms with Gasteiger partial charge in [-0.25, -0.2) is 4.79 Å². The molecule has 1 saturated heterocycles. The van der Waals surface area contributed by atoms with Crippen molar-refractivity contribution in [3.63, 3.8) is 0 Å². The third-order valence-electron chi connectivity index (χ3n) is 7.89. The van der Waals surface area contributed by atoms with Gasteiger partial charge in [0, 0.05) is 54.2 Å². The van der Waals surface area contributed by atoms with Gasteiger partial charge in [-0.15, -0.1) is 0 Å². The molecule has 0 radical (unpaired) electrons. The summed E-state index contributed by atoms with van der Waals surface area (Å²) >= 11 is 6.59. The number of likely N-dealkylation sites (tertiary alicyclic amines) is 1. The highest BCUT2D eigenvalue weighted by Crippen LogP contribution is 2.33. The normalized spacial score (nSPS) is 14.8. The van der Waals surface area contributed by atoms with Crippen LogP contribution in [-0.4, -0.2) is 51.6 Å². The Morgan fingerprint density at radius 2 is 1.55 bits per heavy atom. The highest BCUT2D eigenvalue weighted by Gasteiger charge is 2.39. The number of ether oxygens (including phenoxy) is 2. The summed E-state index contributed by atoms with van der Waals surface area (Å²) in [6.07, 6.45) is -0.142. The second-order valence-electron chi connectivity index (χ2n) is 11.0.